The third-order valence-electron chi connectivity index (χ3n) is 6.73. The molecule has 166 valence electrons. The number of hydrogen-bond donors (Lipinski definition) is 0. The molecule has 2 aromatic carbocycles. The molecular formula is C30H40O. The Kier molecular flexibility index (Phi) is 10.1. The minimum atomic E-state index is 0.706. The lowest BCUT2D eigenvalue weighted by Gasteiger charge is -2.29. The monoisotopic (exact) mass is 416 g/mol. The van der Waals surface area contributed by atoms with E-state index in [0.717, 1.165) is 37.7 Å². The normalized spacial score (nSPS) is 19.0. The van der Waals surface area contributed by atoms with Crippen LogP contribution in [0.4, 0.5) is 0 Å². The number of rotatable bonds is 12. The number of ether oxygens (including phenoxy) is 1. The predicted octanol–water partition coefficient (Wildman–Crippen LogP) is 8.19. The van der Waals surface area contributed by atoms with Crippen LogP contribution >= 0.6 is 0 Å². The average Bonchev–Trinajstić information content (AvgIpc) is 2.82. The summed E-state index contributed by atoms with van der Waals surface area (Å²) in [6, 6.07) is 18.5. The first-order valence-corrected chi connectivity index (χ1v) is 12.2. The summed E-state index contributed by atoms with van der Waals surface area (Å²) in [5, 5.41) is 0. The van der Waals surface area contributed by atoms with E-state index in [4.69, 9.17) is 4.74 Å². The van der Waals surface area contributed by atoms with Gasteiger partial charge >= 0.3 is 0 Å². The van der Waals surface area contributed by atoms with Crippen molar-refractivity contribution < 1.29 is 4.74 Å². The topological polar surface area (TPSA) is 9.23 Å². The molecule has 0 amide bonds. The van der Waals surface area contributed by atoms with Gasteiger partial charge in [0.1, 0.15) is 0 Å². The quantitative estimate of drug-likeness (QED) is 0.250. The largest absolute Gasteiger partial charge is 0.376 e. The van der Waals surface area contributed by atoms with Gasteiger partial charge < -0.3 is 4.74 Å². The zero-order chi connectivity index (χ0) is 21.7. The van der Waals surface area contributed by atoms with Crippen molar-refractivity contribution in [2.24, 2.45) is 5.92 Å². The molecule has 1 saturated carbocycles. The molecule has 0 radical (unpaired) electrons. The van der Waals surface area contributed by atoms with E-state index in [1.807, 2.05) is 6.08 Å². The third-order valence-corrected chi connectivity index (χ3v) is 6.73. The van der Waals surface area contributed by atoms with Gasteiger partial charge in [0.05, 0.1) is 13.2 Å². The maximum Gasteiger partial charge on any atom is 0.0717 e. The van der Waals surface area contributed by atoms with Gasteiger partial charge in [0.2, 0.25) is 0 Å². The summed E-state index contributed by atoms with van der Waals surface area (Å²) >= 11 is 0. The minimum absolute atomic E-state index is 0.706. The minimum Gasteiger partial charge on any atom is -0.376 e. The second-order valence-corrected chi connectivity index (χ2v) is 9.05. The maximum absolute atomic E-state index is 5.68. The summed E-state index contributed by atoms with van der Waals surface area (Å²) < 4.78 is 5.68. The molecule has 1 nitrogen and oxygen atoms in total. The van der Waals surface area contributed by atoms with Gasteiger partial charge in [0, 0.05) is 0 Å². The van der Waals surface area contributed by atoms with Crippen molar-refractivity contribution in [1.82, 2.24) is 0 Å². The Hall–Kier alpha value is -2.12. The zero-order valence-electron chi connectivity index (χ0n) is 19.4. The fraction of sp³-hybridized carbons (Fsp3) is 0.467. The molecular weight excluding hydrogens is 376 g/mol. The van der Waals surface area contributed by atoms with E-state index in [1.165, 1.54) is 60.8 Å². The van der Waals surface area contributed by atoms with E-state index in [9.17, 15) is 0 Å². The molecule has 2 aromatic rings. The molecule has 0 aromatic heterocycles. The summed E-state index contributed by atoms with van der Waals surface area (Å²) in [5.74, 6) is 1.63. The SMILES string of the molecule is C=CCCOCc1ccc([C@H]2CC[C@H](CCc3ccc(CC/C=C/C)cc3)CC2)cc1. The highest BCUT2D eigenvalue weighted by Gasteiger charge is 2.22. The highest BCUT2D eigenvalue weighted by molar-refractivity contribution is 5.26. The molecule has 0 aliphatic heterocycles. The van der Waals surface area contributed by atoms with Crippen LogP contribution < -0.4 is 0 Å². The van der Waals surface area contributed by atoms with Crippen LogP contribution in [0.2, 0.25) is 0 Å². The van der Waals surface area contributed by atoms with Crippen LogP contribution in [-0.2, 0) is 24.2 Å². The molecule has 1 aliphatic rings. The lowest BCUT2D eigenvalue weighted by atomic mass is 9.77. The van der Waals surface area contributed by atoms with E-state index in [0.29, 0.717) is 6.61 Å². The van der Waals surface area contributed by atoms with Crippen LogP contribution in [0.3, 0.4) is 0 Å². The molecule has 0 saturated heterocycles. The summed E-state index contributed by atoms with van der Waals surface area (Å²) in [7, 11) is 0. The van der Waals surface area contributed by atoms with Crippen LogP contribution in [0.1, 0.15) is 80.0 Å². The van der Waals surface area contributed by atoms with Gasteiger partial charge in [0.25, 0.3) is 0 Å². The van der Waals surface area contributed by atoms with Gasteiger partial charge in [-0.1, -0.05) is 66.8 Å². The van der Waals surface area contributed by atoms with Gasteiger partial charge in [-0.25, -0.2) is 0 Å². The molecule has 1 aliphatic carbocycles. The first kappa shape index (κ1) is 23.5. The number of hydrogen-bond acceptors (Lipinski definition) is 1. The van der Waals surface area contributed by atoms with Crippen molar-refractivity contribution in [3.05, 3.63) is 95.6 Å². The Morgan fingerprint density at radius 3 is 2.13 bits per heavy atom. The Labute approximate surface area is 190 Å². The molecule has 0 N–H and O–H groups in total. The van der Waals surface area contributed by atoms with Crippen molar-refractivity contribution in [3.8, 4) is 0 Å². The molecule has 3 rings (SSSR count). The second kappa shape index (κ2) is 13.3. The summed E-state index contributed by atoms with van der Waals surface area (Å²) in [5.41, 5.74) is 5.75. The van der Waals surface area contributed by atoms with Crippen LogP contribution in [-0.4, -0.2) is 6.61 Å². The lowest BCUT2D eigenvalue weighted by molar-refractivity contribution is 0.125. The second-order valence-electron chi connectivity index (χ2n) is 9.05. The van der Waals surface area contributed by atoms with Crippen molar-refractivity contribution in [2.45, 2.75) is 77.2 Å². The van der Waals surface area contributed by atoms with E-state index >= 15 is 0 Å². The Morgan fingerprint density at radius 2 is 1.48 bits per heavy atom. The van der Waals surface area contributed by atoms with E-state index in [1.54, 1.807) is 0 Å². The molecule has 0 atom stereocenters. The highest BCUT2D eigenvalue weighted by Crippen LogP contribution is 2.37. The molecule has 0 heterocycles. The smallest absolute Gasteiger partial charge is 0.0717 e. The van der Waals surface area contributed by atoms with Crippen LogP contribution in [0, 0.1) is 5.92 Å². The zero-order valence-corrected chi connectivity index (χ0v) is 19.4. The van der Waals surface area contributed by atoms with Crippen molar-refractivity contribution in [2.75, 3.05) is 6.61 Å². The average molecular weight is 417 g/mol. The Morgan fingerprint density at radius 1 is 0.839 bits per heavy atom. The van der Waals surface area contributed by atoms with E-state index in [-0.39, 0.29) is 0 Å². The number of allylic oxidation sites excluding steroid dienone is 2. The molecule has 31 heavy (non-hydrogen) atoms. The standard InChI is InChI=1S/C30H40O/c1-3-5-7-8-25-9-11-26(12-10-25)13-14-27-15-19-29(20-16-27)30-21-17-28(18-22-30)24-31-23-6-4-2/h3-5,9-12,17-18,21-22,27,29H,2,6-8,13-16,19-20,23-24H2,1H3/b5-3+/t27-,29-. The molecule has 0 unspecified atom stereocenters. The van der Waals surface area contributed by atoms with Crippen LogP contribution in [0.15, 0.2) is 73.3 Å². The van der Waals surface area contributed by atoms with Crippen molar-refractivity contribution in [3.63, 3.8) is 0 Å². The number of benzene rings is 2. The van der Waals surface area contributed by atoms with Gasteiger partial charge in [-0.2, -0.15) is 0 Å². The molecule has 0 spiro atoms. The van der Waals surface area contributed by atoms with E-state index in [2.05, 4.69) is 74.2 Å². The fourth-order valence-electron chi connectivity index (χ4n) is 4.69. The Balaban J connectivity index is 1.37. The van der Waals surface area contributed by atoms with E-state index < -0.39 is 0 Å². The van der Waals surface area contributed by atoms with Crippen LogP contribution in [0.25, 0.3) is 0 Å². The summed E-state index contributed by atoms with van der Waals surface area (Å²) in [4.78, 5) is 0. The van der Waals surface area contributed by atoms with Crippen molar-refractivity contribution >= 4 is 0 Å². The maximum atomic E-state index is 5.68. The molecule has 1 fully saturated rings. The van der Waals surface area contributed by atoms with Gasteiger partial charge in [-0.3, -0.25) is 0 Å². The Bertz CT molecular complexity index is 776. The van der Waals surface area contributed by atoms with Gasteiger partial charge in [-0.15, -0.1) is 6.58 Å². The fourth-order valence-corrected chi connectivity index (χ4v) is 4.69. The number of aryl methyl sites for hydroxylation is 2. The van der Waals surface area contributed by atoms with Crippen LogP contribution in [0.5, 0.6) is 0 Å². The first-order chi connectivity index (χ1) is 15.3. The highest BCUT2D eigenvalue weighted by atomic mass is 16.5. The molecule has 1 heteroatoms. The lowest BCUT2D eigenvalue weighted by Crippen LogP contribution is -2.14. The van der Waals surface area contributed by atoms with Gasteiger partial charge in [0.15, 0.2) is 0 Å². The molecule has 0 bridgehead atoms. The summed E-state index contributed by atoms with van der Waals surface area (Å²) in [6.45, 7) is 7.29. The summed E-state index contributed by atoms with van der Waals surface area (Å²) in [6.07, 6.45) is 17.5. The third kappa shape index (κ3) is 8.15. The predicted molar refractivity (Wildman–Crippen MR) is 134 cm³/mol. The van der Waals surface area contributed by atoms with Crippen molar-refractivity contribution in [1.29, 1.82) is 0 Å². The first-order valence-electron chi connectivity index (χ1n) is 12.2. The van der Waals surface area contributed by atoms with Gasteiger partial charge in [-0.05, 0) is 98.8 Å².